The van der Waals surface area contributed by atoms with Gasteiger partial charge in [-0.2, -0.15) is 0 Å². The third-order valence-electron chi connectivity index (χ3n) is 2.55. The number of amides is 1. The lowest BCUT2D eigenvalue weighted by molar-refractivity contribution is 0.102. The summed E-state index contributed by atoms with van der Waals surface area (Å²) in [6.07, 6.45) is 0. The van der Waals surface area contributed by atoms with Gasteiger partial charge >= 0.3 is 0 Å². The van der Waals surface area contributed by atoms with Gasteiger partial charge < -0.3 is 5.32 Å². The first kappa shape index (κ1) is 13.5. The van der Waals surface area contributed by atoms with Crippen LogP contribution in [-0.4, -0.2) is 5.91 Å². The summed E-state index contributed by atoms with van der Waals surface area (Å²) in [5.41, 5.74) is 0.690. The molecule has 2 aromatic rings. The molecule has 0 heterocycles. The molecule has 2 nitrogen and oxygen atoms in total. The van der Waals surface area contributed by atoms with Gasteiger partial charge in [0.15, 0.2) is 0 Å². The highest BCUT2D eigenvalue weighted by atomic mass is 35.5. The lowest BCUT2D eigenvalue weighted by atomic mass is 10.1. The Balaban J connectivity index is 2.28. The van der Waals surface area contributed by atoms with E-state index in [0.29, 0.717) is 5.56 Å². The van der Waals surface area contributed by atoms with Crippen LogP contribution in [0.3, 0.4) is 0 Å². The summed E-state index contributed by atoms with van der Waals surface area (Å²) >= 11 is 5.82. The summed E-state index contributed by atoms with van der Waals surface area (Å²) in [5.74, 6) is -1.85. The highest BCUT2D eigenvalue weighted by molar-refractivity contribution is 6.33. The normalized spacial score (nSPS) is 10.3. The Morgan fingerprint density at radius 3 is 2.58 bits per heavy atom. The topological polar surface area (TPSA) is 29.1 Å². The lowest BCUT2D eigenvalue weighted by Gasteiger charge is -2.08. The number of benzene rings is 2. The molecule has 19 heavy (non-hydrogen) atoms. The highest BCUT2D eigenvalue weighted by Gasteiger charge is 2.13. The molecule has 0 unspecified atom stereocenters. The van der Waals surface area contributed by atoms with Crippen LogP contribution in [0.25, 0.3) is 0 Å². The van der Waals surface area contributed by atoms with E-state index in [-0.39, 0.29) is 16.3 Å². The smallest absolute Gasteiger partial charge is 0.258 e. The van der Waals surface area contributed by atoms with E-state index in [2.05, 4.69) is 5.32 Å². The van der Waals surface area contributed by atoms with E-state index in [1.807, 2.05) is 0 Å². The Morgan fingerprint density at radius 1 is 1.16 bits per heavy atom. The van der Waals surface area contributed by atoms with Crippen molar-refractivity contribution in [2.45, 2.75) is 6.92 Å². The van der Waals surface area contributed by atoms with Crippen molar-refractivity contribution in [1.82, 2.24) is 0 Å². The number of hydrogen-bond donors (Lipinski definition) is 1. The Kier molecular flexibility index (Phi) is 3.81. The van der Waals surface area contributed by atoms with Crippen LogP contribution in [0.1, 0.15) is 15.9 Å². The molecule has 0 bridgehead atoms. The minimum absolute atomic E-state index is 0.103. The van der Waals surface area contributed by atoms with E-state index in [1.165, 1.54) is 24.3 Å². The number of rotatable bonds is 2. The summed E-state index contributed by atoms with van der Waals surface area (Å²) < 4.78 is 26.7. The SMILES string of the molecule is Cc1ccc(C(=O)Nc2cc(F)ccc2Cl)c(F)c1. The molecule has 2 aromatic carbocycles. The quantitative estimate of drug-likeness (QED) is 0.879. The van der Waals surface area contributed by atoms with Crippen molar-refractivity contribution in [2.75, 3.05) is 5.32 Å². The van der Waals surface area contributed by atoms with Crippen LogP contribution in [0.4, 0.5) is 14.5 Å². The molecule has 0 aliphatic rings. The molecule has 1 N–H and O–H groups in total. The molecule has 0 saturated heterocycles. The summed E-state index contributed by atoms with van der Waals surface area (Å²) in [6.45, 7) is 1.72. The van der Waals surface area contributed by atoms with Crippen LogP contribution in [0.2, 0.25) is 5.02 Å². The van der Waals surface area contributed by atoms with Crippen molar-refractivity contribution >= 4 is 23.2 Å². The van der Waals surface area contributed by atoms with Crippen molar-refractivity contribution in [2.24, 2.45) is 0 Å². The second-order valence-corrected chi connectivity index (χ2v) is 4.47. The average molecular weight is 282 g/mol. The van der Waals surface area contributed by atoms with Gasteiger partial charge in [-0.25, -0.2) is 8.78 Å². The predicted molar refractivity (Wildman–Crippen MR) is 70.5 cm³/mol. The van der Waals surface area contributed by atoms with Gasteiger partial charge in [0.1, 0.15) is 11.6 Å². The van der Waals surface area contributed by atoms with E-state index in [0.717, 1.165) is 6.07 Å². The largest absolute Gasteiger partial charge is 0.320 e. The Morgan fingerprint density at radius 2 is 1.89 bits per heavy atom. The van der Waals surface area contributed by atoms with Crippen LogP contribution < -0.4 is 5.32 Å². The second kappa shape index (κ2) is 5.36. The molecule has 2 rings (SSSR count). The van der Waals surface area contributed by atoms with E-state index < -0.39 is 17.5 Å². The first-order chi connectivity index (χ1) is 8.97. The molecule has 0 radical (unpaired) electrons. The zero-order valence-corrected chi connectivity index (χ0v) is 10.8. The second-order valence-electron chi connectivity index (χ2n) is 4.06. The lowest BCUT2D eigenvalue weighted by Crippen LogP contribution is -2.14. The minimum Gasteiger partial charge on any atom is -0.320 e. The number of halogens is 3. The Labute approximate surface area is 114 Å². The monoisotopic (exact) mass is 281 g/mol. The third kappa shape index (κ3) is 3.09. The molecule has 98 valence electrons. The van der Waals surface area contributed by atoms with Crippen LogP contribution in [0.5, 0.6) is 0 Å². The molecular weight excluding hydrogens is 272 g/mol. The number of aryl methyl sites for hydroxylation is 1. The van der Waals surface area contributed by atoms with Gasteiger partial charge in [0.2, 0.25) is 0 Å². The summed E-state index contributed by atoms with van der Waals surface area (Å²) in [6, 6.07) is 7.80. The van der Waals surface area contributed by atoms with Gasteiger partial charge in [-0.15, -0.1) is 0 Å². The zero-order valence-electron chi connectivity index (χ0n) is 10.0. The highest BCUT2D eigenvalue weighted by Crippen LogP contribution is 2.23. The first-order valence-electron chi connectivity index (χ1n) is 5.50. The number of carbonyl (C=O) groups is 1. The standard InChI is InChI=1S/C14H10ClF2NO/c1-8-2-4-10(12(17)6-8)14(19)18-13-7-9(16)3-5-11(13)15/h2-7H,1H3,(H,18,19). The summed E-state index contributed by atoms with van der Waals surface area (Å²) in [7, 11) is 0. The first-order valence-corrected chi connectivity index (χ1v) is 5.88. The average Bonchev–Trinajstić information content (AvgIpc) is 2.33. The number of hydrogen-bond acceptors (Lipinski definition) is 1. The van der Waals surface area contributed by atoms with Gasteiger partial charge in [-0.3, -0.25) is 4.79 Å². The zero-order chi connectivity index (χ0) is 14.0. The maximum atomic E-state index is 13.6. The molecule has 0 fully saturated rings. The molecule has 0 aromatic heterocycles. The maximum Gasteiger partial charge on any atom is 0.258 e. The Bertz CT molecular complexity index is 643. The fourth-order valence-electron chi connectivity index (χ4n) is 1.59. The van der Waals surface area contributed by atoms with Gasteiger partial charge in [-0.1, -0.05) is 17.7 Å². The van der Waals surface area contributed by atoms with Crippen LogP contribution in [0, 0.1) is 18.6 Å². The summed E-state index contributed by atoms with van der Waals surface area (Å²) in [5, 5.41) is 2.56. The summed E-state index contributed by atoms with van der Waals surface area (Å²) in [4.78, 5) is 11.9. The van der Waals surface area contributed by atoms with E-state index in [9.17, 15) is 13.6 Å². The molecule has 0 spiro atoms. The van der Waals surface area contributed by atoms with Crippen LogP contribution >= 0.6 is 11.6 Å². The van der Waals surface area contributed by atoms with E-state index >= 15 is 0 Å². The third-order valence-corrected chi connectivity index (χ3v) is 2.88. The number of anilines is 1. The van der Waals surface area contributed by atoms with Gasteiger partial charge in [0.05, 0.1) is 16.3 Å². The maximum absolute atomic E-state index is 13.6. The fourth-order valence-corrected chi connectivity index (χ4v) is 1.75. The molecule has 1 amide bonds. The van der Waals surface area contributed by atoms with Gasteiger partial charge in [0.25, 0.3) is 5.91 Å². The molecule has 0 aliphatic carbocycles. The number of carbonyl (C=O) groups excluding carboxylic acids is 1. The molecule has 0 saturated carbocycles. The molecular formula is C14H10ClF2NO. The Hall–Kier alpha value is -1.94. The van der Waals surface area contributed by atoms with Gasteiger partial charge in [0, 0.05) is 0 Å². The minimum atomic E-state index is -0.676. The van der Waals surface area contributed by atoms with Crippen LogP contribution in [0.15, 0.2) is 36.4 Å². The molecule has 5 heteroatoms. The van der Waals surface area contributed by atoms with E-state index in [1.54, 1.807) is 13.0 Å². The molecule has 0 atom stereocenters. The fraction of sp³-hybridized carbons (Fsp3) is 0.0714. The molecule has 0 aliphatic heterocycles. The van der Waals surface area contributed by atoms with Gasteiger partial charge in [-0.05, 0) is 42.8 Å². The van der Waals surface area contributed by atoms with Crippen molar-refractivity contribution in [3.8, 4) is 0 Å². The van der Waals surface area contributed by atoms with Crippen molar-refractivity contribution in [1.29, 1.82) is 0 Å². The number of nitrogens with one attached hydrogen (secondary N) is 1. The van der Waals surface area contributed by atoms with Crippen molar-refractivity contribution in [3.05, 3.63) is 64.2 Å². The van der Waals surface area contributed by atoms with E-state index in [4.69, 9.17) is 11.6 Å². The van der Waals surface area contributed by atoms with Crippen molar-refractivity contribution < 1.29 is 13.6 Å². The van der Waals surface area contributed by atoms with Crippen LogP contribution in [-0.2, 0) is 0 Å². The predicted octanol–water partition coefficient (Wildman–Crippen LogP) is 4.18. The van der Waals surface area contributed by atoms with Crippen molar-refractivity contribution in [3.63, 3.8) is 0 Å².